The van der Waals surface area contributed by atoms with Crippen LogP contribution in [0.5, 0.6) is 11.5 Å². The normalized spacial score (nSPS) is 9.96. The summed E-state index contributed by atoms with van der Waals surface area (Å²) in [6.07, 6.45) is 4.54. The first-order chi connectivity index (χ1) is 11.6. The van der Waals surface area contributed by atoms with Crippen LogP contribution in [-0.4, -0.2) is 36.6 Å². The van der Waals surface area contributed by atoms with E-state index in [0.29, 0.717) is 34.6 Å². The monoisotopic (exact) mass is 348 g/mol. The fraction of sp³-hybridized carbons (Fsp3) is 0.188. The highest BCUT2D eigenvalue weighted by Crippen LogP contribution is 2.35. The van der Waals surface area contributed by atoms with Gasteiger partial charge in [-0.15, -0.1) is 6.58 Å². The summed E-state index contributed by atoms with van der Waals surface area (Å²) in [6, 6.07) is 3.14. The second kappa shape index (κ2) is 8.16. The van der Waals surface area contributed by atoms with Crippen molar-refractivity contribution in [3.63, 3.8) is 0 Å². The Bertz CT molecular complexity index is 735. The van der Waals surface area contributed by atoms with E-state index in [1.807, 2.05) is 0 Å². The van der Waals surface area contributed by atoms with Crippen molar-refractivity contribution in [1.82, 2.24) is 9.97 Å². The van der Waals surface area contributed by atoms with Gasteiger partial charge in [-0.05, 0) is 0 Å². The largest absolute Gasteiger partial charge is 0.495 e. The molecule has 0 bridgehead atoms. The van der Waals surface area contributed by atoms with E-state index < -0.39 is 5.91 Å². The average Bonchev–Trinajstić information content (AvgIpc) is 2.61. The van der Waals surface area contributed by atoms with Crippen LogP contribution < -0.4 is 20.1 Å². The molecule has 1 heterocycles. The van der Waals surface area contributed by atoms with Crippen molar-refractivity contribution < 1.29 is 14.3 Å². The van der Waals surface area contributed by atoms with Crippen molar-refractivity contribution in [2.24, 2.45) is 0 Å². The van der Waals surface area contributed by atoms with Crippen LogP contribution >= 0.6 is 11.6 Å². The maximum absolute atomic E-state index is 12.3. The molecule has 126 valence electrons. The molecule has 7 nitrogen and oxygen atoms in total. The first-order valence-corrected chi connectivity index (χ1v) is 7.36. The van der Waals surface area contributed by atoms with Crippen molar-refractivity contribution in [3.05, 3.63) is 47.9 Å². The highest BCUT2D eigenvalue weighted by atomic mass is 35.5. The Morgan fingerprint density at radius 1 is 1.25 bits per heavy atom. The summed E-state index contributed by atoms with van der Waals surface area (Å²) in [5.41, 5.74) is 0.578. The average molecular weight is 349 g/mol. The third-order valence-corrected chi connectivity index (χ3v) is 3.33. The summed E-state index contributed by atoms with van der Waals surface area (Å²) in [6.45, 7) is 4.16. The van der Waals surface area contributed by atoms with Gasteiger partial charge in [0, 0.05) is 18.7 Å². The molecule has 0 aliphatic carbocycles. The zero-order chi connectivity index (χ0) is 17.5. The smallest absolute Gasteiger partial charge is 0.275 e. The van der Waals surface area contributed by atoms with Crippen molar-refractivity contribution in [2.75, 3.05) is 31.4 Å². The molecule has 1 aromatic heterocycles. The molecular formula is C16H17ClN4O3. The van der Waals surface area contributed by atoms with Gasteiger partial charge in [0.25, 0.3) is 5.91 Å². The zero-order valence-corrected chi connectivity index (χ0v) is 14.1. The molecule has 0 aliphatic heterocycles. The number of benzene rings is 1. The van der Waals surface area contributed by atoms with E-state index in [9.17, 15) is 4.79 Å². The summed E-state index contributed by atoms with van der Waals surface area (Å²) in [4.78, 5) is 20.5. The molecule has 2 N–H and O–H groups in total. The fourth-order valence-corrected chi connectivity index (χ4v) is 2.09. The van der Waals surface area contributed by atoms with E-state index in [2.05, 4.69) is 27.2 Å². The molecular weight excluding hydrogens is 332 g/mol. The number of nitrogens with zero attached hydrogens (tertiary/aromatic N) is 2. The van der Waals surface area contributed by atoms with Crippen LogP contribution in [0.3, 0.4) is 0 Å². The number of rotatable bonds is 7. The number of halogens is 1. The summed E-state index contributed by atoms with van der Waals surface area (Å²) in [5.74, 6) is 0.951. The van der Waals surface area contributed by atoms with Crippen LogP contribution in [0.25, 0.3) is 0 Å². The lowest BCUT2D eigenvalue weighted by Crippen LogP contribution is -2.15. The van der Waals surface area contributed by atoms with E-state index in [0.717, 1.165) is 0 Å². The van der Waals surface area contributed by atoms with Crippen LogP contribution in [0.2, 0.25) is 5.02 Å². The minimum Gasteiger partial charge on any atom is -0.495 e. The van der Waals surface area contributed by atoms with Crippen LogP contribution in [-0.2, 0) is 0 Å². The van der Waals surface area contributed by atoms with Crippen molar-refractivity contribution in [1.29, 1.82) is 0 Å². The van der Waals surface area contributed by atoms with Gasteiger partial charge >= 0.3 is 0 Å². The van der Waals surface area contributed by atoms with Crippen molar-refractivity contribution >= 4 is 29.0 Å². The lowest BCUT2D eigenvalue weighted by atomic mass is 10.2. The number of methoxy groups -OCH3 is 2. The maximum Gasteiger partial charge on any atom is 0.275 e. The number of hydrogen-bond donors (Lipinski definition) is 2. The molecule has 2 rings (SSSR count). The van der Waals surface area contributed by atoms with Gasteiger partial charge in [-0.1, -0.05) is 17.7 Å². The second-order valence-corrected chi connectivity index (χ2v) is 5.00. The highest BCUT2D eigenvalue weighted by molar-refractivity contribution is 6.32. The lowest BCUT2D eigenvalue weighted by molar-refractivity contribution is 0.102. The molecule has 1 amide bonds. The van der Waals surface area contributed by atoms with E-state index in [-0.39, 0.29) is 5.69 Å². The summed E-state index contributed by atoms with van der Waals surface area (Å²) in [7, 11) is 2.97. The SMILES string of the molecule is C=CCNc1cnc(C(=O)Nc2cc(OC)c(Cl)cc2OC)cn1. The summed E-state index contributed by atoms with van der Waals surface area (Å²) < 4.78 is 10.4. The number of hydrogen-bond acceptors (Lipinski definition) is 6. The second-order valence-electron chi connectivity index (χ2n) is 4.60. The van der Waals surface area contributed by atoms with E-state index in [4.69, 9.17) is 21.1 Å². The third-order valence-electron chi connectivity index (χ3n) is 3.03. The summed E-state index contributed by atoms with van der Waals surface area (Å²) >= 11 is 6.04. The molecule has 0 fully saturated rings. The van der Waals surface area contributed by atoms with Gasteiger partial charge in [-0.2, -0.15) is 0 Å². The molecule has 24 heavy (non-hydrogen) atoms. The number of carbonyl (C=O) groups is 1. The highest BCUT2D eigenvalue weighted by Gasteiger charge is 2.15. The molecule has 0 saturated carbocycles. The van der Waals surface area contributed by atoms with Gasteiger partial charge in [-0.3, -0.25) is 4.79 Å². The number of amides is 1. The Morgan fingerprint density at radius 2 is 2.00 bits per heavy atom. The minimum absolute atomic E-state index is 0.162. The molecule has 0 radical (unpaired) electrons. The van der Waals surface area contributed by atoms with Gasteiger partial charge in [0.2, 0.25) is 0 Å². The van der Waals surface area contributed by atoms with Crippen molar-refractivity contribution in [2.45, 2.75) is 0 Å². The maximum atomic E-state index is 12.3. The Morgan fingerprint density at radius 3 is 2.58 bits per heavy atom. The third kappa shape index (κ3) is 4.14. The van der Waals surface area contributed by atoms with Crippen LogP contribution in [0.4, 0.5) is 11.5 Å². The van der Waals surface area contributed by atoms with Crippen molar-refractivity contribution in [3.8, 4) is 11.5 Å². The number of carbonyl (C=O) groups excluding carboxylic acids is 1. The van der Waals surface area contributed by atoms with Gasteiger partial charge in [0.15, 0.2) is 0 Å². The Labute approximate surface area is 144 Å². The first kappa shape index (κ1) is 17.6. The number of aromatic nitrogens is 2. The predicted molar refractivity (Wildman–Crippen MR) is 93.2 cm³/mol. The predicted octanol–water partition coefficient (Wildman–Crippen LogP) is 3.00. The Kier molecular flexibility index (Phi) is 5.97. The molecule has 0 aliphatic rings. The Balaban J connectivity index is 2.18. The van der Waals surface area contributed by atoms with Gasteiger partial charge in [0.1, 0.15) is 23.0 Å². The van der Waals surface area contributed by atoms with Crippen LogP contribution in [0, 0.1) is 0 Å². The lowest BCUT2D eigenvalue weighted by Gasteiger charge is -2.13. The number of anilines is 2. The standard InChI is InChI=1S/C16H17ClN4O3/c1-4-5-18-15-9-19-12(8-20-15)16(22)21-11-7-13(23-2)10(17)6-14(11)24-3/h4,6-9H,1,5H2,2-3H3,(H,18,20)(H,21,22). The topological polar surface area (TPSA) is 85.4 Å². The number of ether oxygens (including phenoxy) is 2. The van der Waals surface area contributed by atoms with E-state index in [1.54, 1.807) is 18.2 Å². The van der Waals surface area contributed by atoms with Crippen LogP contribution in [0.1, 0.15) is 10.5 Å². The number of nitrogens with one attached hydrogen (secondary N) is 2. The molecule has 0 unspecified atom stereocenters. The molecule has 0 atom stereocenters. The van der Waals surface area contributed by atoms with E-state index in [1.165, 1.54) is 26.6 Å². The molecule has 0 spiro atoms. The summed E-state index contributed by atoms with van der Waals surface area (Å²) in [5, 5.41) is 6.06. The molecule has 2 aromatic rings. The zero-order valence-electron chi connectivity index (χ0n) is 13.3. The molecule has 0 saturated heterocycles. The molecule has 8 heteroatoms. The van der Waals surface area contributed by atoms with Gasteiger partial charge < -0.3 is 20.1 Å². The quantitative estimate of drug-likeness (QED) is 0.748. The minimum atomic E-state index is -0.430. The Hall–Kier alpha value is -2.80. The van der Waals surface area contributed by atoms with E-state index >= 15 is 0 Å². The van der Waals surface area contributed by atoms with Crippen LogP contribution in [0.15, 0.2) is 37.2 Å². The van der Waals surface area contributed by atoms with Gasteiger partial charge in [-0.25, -0.2) is 9.97 Å². The molecule has 1 aromatic carbocycles. The van der Waals surface area contributed by atoms with Gasteiger partial charge in [0.05, 0.1) is 37.3 Å². The fourth-order valence-electron chi connectivity index (χ4n) is 1.86. The first-order valence-electron chi connectivity index (χ1n) is 6.98.